The maximum atomic E-state index is 12.7. The van der Waals surface area contributed by atoms with Gasteiger partial charge in [-0.15, -0.1) is 10.2 Å². The van der Waals surface area contributed by atoms with Crippen LogP contribution in [0.3, 0.4) is 0 Å². The number of sulfonamides is 1. The van der Waals surface area contributed by atoms with Gasteiger partial charge < -0.3 is 9.47 Å². The van der Waals surface area contributed by atoms with Crippen molar-refractivity contribution in [3.05, 3.63) is 11.6 Å². The van der Waals surface area contributed by atoms with E-state index in [2.05, 4.69) is 33.5 Å². The largest absolute Gasteiger partial charge is 0.312 e. The van der Waals surface area contributed by atoms with Gasteiger partial charge in [-0.3, -0.25) is 0 Å². The van der Waals surface area contributed by atoms with E-state index in [1.54, 1.807) is 4.31 Å². The van der Waals surface area contributed by atoms with Crippen molar-refractivity contribution >= 4 is 10.0 Å². The smallest absolute Gasteiger partial charge is 0.216 e. The molecule has 0 N–H and O–H groups in total. The van der Waals surface area contributed by atoms with Crippen LogP contribution < -0.4 is 0 Å². The van der Waals surface area contributed by atoms with Crippen LogP contribution in [0, 0.1) is 0 Å². The molecule has 0 aliphatic carbocycles. The summed E-state index contributed by atoms with van der Waals surface area (Å²) in [6, 6.07) is -0.243. The summed E-state index contributed by atoms with van der Waals surface area (Å²) in [4.78, 5) is 2.24. The molecule has 0 bridgehead atoms. The minimum Gasteiger partial charge on any atom is -0.312 e. The third kappa shape index (κ3) is 3.29. The molecule has 1 fully saturated rings. The molecule has 2 aliphatic rings. The molecule has 130 valence electrons. The van der Waals surface area contributed by atoms with E-state index in [1.807, 2.05) is 6.92 Å². The van der Waals surface area contributed by atoms with Crippen molar-refractivity contribution in [2.45, 2.75) is 52.1 Å². The van der Waals surface area contributed by atoms with Crippen LogP contribution in [0.1, 0.15) is 57.2 Å². The zero-order valence-corrected chi connectivity index (χ0v) is 15.1. The normalized spacial score (nSPS) is 23.6. The number of aromatic nitrogens is 3. The Bertz CT molecular complexity index is 649. The van der Waals surface area contributed by atoms with Gasteiger partial charge in [0, 0.05) is 25.6 Å². The van der Waals surface area contributed by atoms with Crippen LogP contribution in [0.15, 0.2) is 0 Å². The topological polar surface area (TPSA) is 71.3 Å². The van der Waals surface area contributed by atoms with Crippen LogP contribution in [0.25, 0.3) is 0 Å². The zero-order valence-electron chi connectivity index (χ0n) is 14.3. The van der Waals surface area contributed by atoms with Crippen molar-refractivity contribution in [3.8, 4) is 0 Å². The molecule has 23 heavy (non-hydrogen) atoms. The first-order valence-corrected chi connectivity index (χ1v) is 10.2. The number of rotatable bonds is 5. The fraction of sp³-hybridized carbons (Fsp3) is 0.867. The molecule has 7 nitrogen and oxygen atoms in total. The Morgan fingerprint density at radius 1 is 1.13 bits per heavy atom. The van der Waals surface area contributed by atoms with Gasteiger partial charge >= 0.3 is 0 Å². The second-order valence-electron chi connectivity index (χ2n) is 6.87. The third-order valence-corrected chi connectivity index (χ3v) is 6.81. The Morgan fingerprint density at radius 2 is 1.83 bits per heavy atom. The number of hydrogen-bond donors (Lipinski definition) is 0. The van der Waals surface area contributed by atoms with Crippen molar-refractivity contribution in [2.24, 2.45) is 0 Å². The van der Waals surface area contributed by atoms with E-state index in [4.69, 9.17) is 0 Å². The average molecular weight is 341 g/mol. The van der Waals surface area contributed by atoms with E-state index in [0.717, 1.165) is 24.7 Å². The molecule has 1 atom stereocenters. The molecule has 2 aliphatic heterocycles. The van der Waals surface area contributed by atoms with Crippen LogP contribution in [0.4, 0.5) is 0 Å². The molecule has 1 aromatic heterocycles. The average Bonchev–Trinajstić information content (AvgIpc) is 3.15. The summed E-state index contributed by atoms with van der Waals surface area (Å²) in [6.45, 7) is 9.92. The van der Waals surface area contributed by atoms with Gasteiger partial charge in [0.05, 0.1) is 11.8 Å². The van der Waals surface area contributed by atoms with E-state index in [0.29, 0.717) is 25.6 Å². The van der Waals surface area contributed by atoms with E-state index in [9.17, 15) is 8.42 Å². The minimum atomic E-state index is -3.26. The summed E-state index contributed by atoms with van der Waals surface area (Å²) in [5, 5.41) is 8.51. The molecule has 0 saturated carbocycles. The Morgan fingerprint density at radius 3 is 2.48 bits per heavy atom. The molecule has 3 heterocycles. The summed E-state index contributed by atoms with van der Waals surface area (Å²) in [7, 11) is -3.26. The third-order valence-electron chi connectivity index (χ3n) is 4.90. The lowest BCUT2D eigenvalue weighted by Gasteiger charge is -2.33. The monoisotopic (exact) mass is 341 g/mol. The SMILES string of the molecule is CC(C)c1nnc2n1CCN(S(=O)(=O)CCN1CCCC1)[C@H]2C. The summed E-state index contributed by atoms with van der Waals surface area (Å²) in [6.07, 6.45) is 2.36. The molecule has 0 unspecified atom stereocenters. The maximum absolute atomic E-state index is 12.7. The first-order valence-electron chi connectivity index (χ1n) is 8.55. The lowest BCUT2D eigenvalue weighted by Crippen LogP contribution is -2.44. The number of nitrogens with zero attached hydrogens (tertiary/aromatic N) is 5. The highest BCUT2D eigenvalue weighted by atomic mass is 32.2. The lowest BCUT2D eigenvalue weighted by molar-refractivity contribution is 0.269. The quantitative estimate of drug-likeness (QED) is 0.805. The van der Waals surface area contributed by atoms with E-state index >= 15 is 0 Å². The van der Waals surface area contributed by atoms with Crippen molar-refractivity contribution < 1.29 is 8.42 Å². The Kier molecular flexibility index (Phi) is 4.75. The molecule has 8 heteroatoms. The van der Waals surface area contributed by atoms with Gasteiger partial charge in [0.15, 0.2) is 5.82 Å². The van der Waals surface area contributed by atoms with Gasteiger partial charge in [-0.05, 0) is 32.9 Å². The summed E-state index contributed by atoms with van der Waals surface area (Å²) in [5.74, 6) is 2.20. The molecule has 0 radical (unpaired) electrons. The molecule has 0 spiro atoms. The Balaban J connectivity index is 1.73. The lowest BCUT2D eigenvalue weighted by atomic mass is 10.2. The molecular weight excluding hydrogens is 314 g/mol. The van der Waals surface area contributed by atoms with Crippen LogP contribution in [0.5, 0.6) is 0 Å². The molecule has 3 rings (SSSR count). The fourth-order valence-corrected chi connectivity index (χ4v) is 5.22. The Labute approximate surface area is 138 Å². The van der Waals surface area contributed by atoms with Gasteiger partial charge in [0.2, 0.25) is 10.0 Å². The minimum absolute atomic E-state index is 0.197. The number of likely N-dealkylation sites (tertiary alicyclic amines) is 1. The van der Waals surface area contributed by atoms with Gasteiger partial charge in [-0.1, -0.05) is 13.8 Å². The van der Waals surface area contributed by atoms with E-state index < -0.39 is 10.0 Å². The van der Waals surface area contributed by atoms with Crippen molar-refractivity contribution in [1.29, 1.82) is 0 Å². The number of fused-ring (bicyclic) bond motifs is 1. The van der Waals surface area contributed by atoms with Crippen molar-refractivity contribution in [2.75, 3.05) is 31.9 Å². The zero-order chi connectivity index (χ0) is 16.6. The molecule has 0 aromatic carbocycles. The van der Waals surface area contributed by atoms with Gasteiger partial charge in [0.25, 0.3) is 0 Å². The summed E-state index contributed by atoms with van der Waals surface area (Å²) >= 11 is 0. The van der Waals surface area contributed by atoms with E-state index in [1.165, 1.54) is 12.8 Å². The van der Waals surface area contributed by atoms with Crippen LogP contribution in [-0.2, 0) is 16.6 Å². The highest BCUT2D eigenvalue weighted by molar-refractivity contribution is 7.89. The first kappa shape index (κ1) is 16.9. The van der Waals surface area contributed by atoms with E-state index in [-0.39, 0.29) is 11.8 Å². The predicted octanol–water partition coefficient (Wildman–Crippen LogP) is 1.20. The highest BCUT2D eigenvalue weighted by Gasteiger charge is 2.35. The van der Waals surface area contributed by atoms with Crippen LogP contribution in [-0.4, -0.2) is 64.3 Å². The Hall–Kier alpha value is -0.990. The molecule has 0 amide bonds. The van der Waals surface area contributed by atoms with Crippen LogP contribution >= 0.6 is 0 Å². The first-order chi connectivity index (χ1) is 10.9. The standard InChI is InChI=1S/C15H27N5O2S/c1-12(2)14-16-17-15-13(3)20(9-8-19(14)15)23(21,22)11-10-18-6-4-5-7-18/h12-13H,4-11H2,1-3H3/t13-/m0/s1. The molecular formula is C15H27N5O2S. The van der Waals surface area contributed by atoms with Crippen molar-refractivity contribution in [1.82, 2.24) is 24.0 Å². The highest BCUT2D eigenvalue weighted by Crippen LogP contribution is 2.29. The second-order valence-corrected chi connectivity index (χ2v) is 8.92. The van der Waals surface area contributed by atoms with Gasteiger partial charge in [0.1, 0.15) is 5.82 Å². The van der Waals surface area contributed by atoms with Gasteiger partial charge in [-0.2, -0.15) is 4.31 Å². The number of hydrogen-bond acceptors (Lipinski definition) is 5. The predicted molar refractivity (Wildman–Crippen MR) is 88.7 cm³/mol. The molecule has 1 saturated heterocycles. The fourth-order valence-electron chi connectivity index (χ4n) is 3.56. The second kappa shape index (κ2) is 6.49. The summed E-state index contributed by atoms with van der Waals surface area (Å²) in [5.41, 5.74) is 0. The van der Waals surface area contributed by atoms with Crippen LogP contribution in [0.2, 0.25) is 0 Å². The van der Waals surface area contributed by atoms with Gasteiger partial charge in [-0.25, -0.2) is 8.42 Å². The summed E-state index contributed by atoms with van der Waals surface area (Å²) < 4.78 is 29.2. The van der Waals surface area contributed by atoms with Crippen molar-refractivity contribution in [3.63, 3.8) is 0 Å². The maximum Gasteiger partial charge on any atom is 0.216 e. The molecule has 1 aromatic rings.